The zero-order valence-corrected chi connectivity index (χ0v) is 15.2. The molecule has 1 amide bonds. The van der Waals surface area contributed by atoms with E-state index in [-0.39, 0.29) is 6.10 Å². The molecule has 1 aromatic carbocycles. The Kier molecular flexibility index (Phi) is 7.32. The Hall–Kier alpha value is -1.76. The molecule has 0 aromatic heterocycles. The largest absolute Gasteiger partial charge is 0.405 e. The second-order valence-electron chi connectivity index (χ2n) is 7.10. The van der Waals surface area contributed by atoms with Gasteiger partial charge in [0.2, 0.25) is 5.91 Å². The van der Waals surface area contributed by atoms with Gasteiger partial charge in [0.15, 0.2) is 0 Å². The predicted octanol–water partition coefficient (Wildman–Crippen LogP) is 4.26. The van der Waals surface area contributed by atoms with Crippen molar-refractivity contribution >= 4 is 11.6 Å². The van der Waals surface area contributed by atoms with E-state index in [0.717, 1.165) is 18.4 Å². The van der Waals surface area contributed by atoms with Crippen molar-refractivity contribution in [2.24, 2.45) is 5.92 Å². The van der Waals surface area contributed by atoms with Crippen molar-refractivity contribution in [1.29, 1.82) is 0 Å². The molecule has 1 fully saturated rings. The molecule has 0 radical (unpaired) electrons. The lowest BCUT2D eigenvalue weighted by Crippen LogP contribution is -2.42. The fourth-order valence-electron chi connectivity index (χ4n) is 3.15. The fourth-order valence-corrected chi connectivity index (χ4v) is 3.15. The van der Waals surface area contributed by atoms with E-state index in [1.54, 1.807) is 6.07 Å². The van der Waals surface area contributed by atoms with E-state index >= 15 is 0 Å². The summed E-state index contributed by atoms with van der Waals surface area (Å²) in [6, 6.07) is 6.64. The molecule has 1 aromatic rings. The highest BCUT2D eigenvalue weighted by Crippen LogP contribution is 2.26. The first-order valence-electron chi connectivity index (χ1n) is 9.04. The van der Waals surface area contributed by atoms with Crippen LogP contribution in [0.2, 0.25) is 0 Å². The van der Waals surface area contributed by atoms with Gasteiger partial charge in [-0.2, -0.15) is 13.2 Å². The topological polar surface area (TPSA) is 50.4 Å². The number of anilines is 1. The van der Waals surface area contributed by atoms with Crippen molar-refractivity contribution in [1.82, 2.24) is 5.32 Å². The highest BCUT2D eigenvalue weighted by Gasteiger charge is 2.28. The molecule has 1 saturated carbocycles. The third-order valence-corrected chi connectivity index (χ3v) is 4.54. The summed E-state index contributed by atoms with van der Waals surface area (Å²) in [7, 11) is 0. The second kappa shape index (κ2) is 9.26. The first-order chi connectivity index (χ1) is 12.2. The van der Waals surface area contributed by atoms with Crippen LogP contribution in [0.4, 0.5) is 18.9 Å². The number of benzene rings is 1. The lowest BCUT2D eigenvalue weighted by molar-refractivity contribution is -0.138. The average Bonchev–Trinajstić information content (AvgIpc) is 2.57. The van der Waals surface area contributed by atoms with E-state index < -0.39 is 24.7 Å². The number of hydrogen-bond acceptors (Lipinski definition) is 3. The Balaban J connectivity index is 1.83. The molecule has 3 unspecified atom stereocenters. The number of amides is 1. The molecule has 0 bridgehead atoms. The van der Waals surface area contributed by atoms with Crippen LogP contribution in [-0.2, 0) is 16.1 Å². The van der Waals surface area contributed by atoms with Crippen LogP contribution in [0.15, 0.2) is 24.3 Å². The van der Waals surface area contributed by atoms with Crippen LogP contribution in [0.25, 0.3) is 0 Å². The zero-order chi connectivity index (χ0) is 19.2. The van der Waals surface area contributed by atoms with E-state index in [1.807, 2.05) is 23.5 Å². The number of ether oxygens (including phenoxy) is 1. The average molecular weight is 372 g/mol. The molecule has 0 spiro atoms. The summed E-state index contributed by atoms with van der Waals surface area (Å²) in [5.74, 6) is -0.00187. The lowest BCUT2D eigenvalue weighted by atomic mass is 9.89. The summed E-state index contributed by atoms with van der Waals surface area (Å²) in [6.07, 6.45) is 0.476. The maximum atomic E-state index is 12.2. The Bertz CT molecular complexity index is 592. The molecule has 1 aliphatic rings. The van der Waals surface area contributed by atoms with E-state index in [1.165, 1.54) is 19.8 Å². The van der Waals surface area contributed by atoms with E-state index in [2.05, 4.69) is 12.2 Å². The molecule has 26 heavy (non-hydrogen) atoms. The summed E-state index contributed by atoms with van der Waals surface area (Å²) in [5.41, 5.74) is 1.65. The fraction of sp³-hybridized carbons (Fsp3) is 0.632. The Morgan fingerprint density at radius 1 is 1.35 bits per heavy atom. The summed E-state index contributed by atoms with van der Waals surface area (Å²) in [6.45, 7) is 2.93. The van der Waals surface area contributed by atoms with Gasteiger partial charge in [-0.15, -0.1) is 0 Å². The molecular formula is C19H27F3N2O2. The minimum atomic E-state index is -4.41. The van der Waals surface area contributed by atoms with Crippen molar-refractivity contribution in [2.75, 3.05) is 11.9 Å². The van der Waals surface area contributed by atoms with Gasteiger partial charge in [-0.25, -0.2) is 0 Å². The molecule has 0 saturated heterocycles. The van der Waals surface area contributed by atoms with Gasteiger partial charge >= 0.3 is 6.18 Å². The van der Waals surface area contributed by atoms with Crippen molar-refractivity contribution in [3.63, 3.8) is 0 Å². The Morgan fingerprint density at radius 2 is 2.12 bits per heavy atom. The molecule has 3 atom stereocenters. The standard InChI is InChI=1S/C19H27F3N2O2/c1-13-5-3-8-17(9-13)26-11-15-6-4-7-16(10-15)24-14(2)18(25)23-12-19(20,21)22/h4,6-7,10,13-14,17,24H,3,5,8-9,11-12H2,1-2H3,(H,23,25). The Labute approximate surface area is 152 Å². The molecule has 4 nitrogen and oxygen atoms in total. The van der Waals surface area contributed by atoms with Gasteiger partial charge in [-0.1, -0.05) is 31.9 Å². The Morgan fingerprint density at radius 3 is 2.81 bits per heavy atom. The molecule has 1 aliphatic carbocycles. The molecule has 2 N–H and O–H groups in total. The third-order valence-electron chi connectivity index (χ3n) is 4.54. The molecule has 2 rings (SSSR count). The van der Waals surface area contributed by atoms with Gasteiger partial charge < -0.3 is 15.4 Å². The maximum Gasteiger partial charge on any atom is 0.405 e. The van der Waals surface area contributed by atoms with Crippen molar-refractivity contribution in [2.45, 2.75) is 64.5 Å². The highest BCUT2D eigenvalue weighted by molar-refractivity contribution is 5.84. The van der Waals surface area contributed by atoms with Crippen LogP contribution >= 0.6 is 0 Å². The third kappa shape index (κ3) is 7.23. The highest BCUT2D eigenvalue weighted by atomic mass is 19.4. The molecule has 0 heterocycles. The van der Waals surface area contributed by atoms with Crippen LogP contribution in [0.3, 0.4) is 0 Å². The van der Waals surface area contributed by atoms with Crippen LogP contribution < -0.4 is 10.6 Å². The van der Waals surface area contributed by atoms with Gasteiger partial charge in [0, 0.05) is 5.69 Å². The number of alkyl halides is 3. The van der Waals surface area contributed by atoms with E-state index in [9.17, 15) is 18.0 Å². The minimum Gasteiger partial charge on any atom is -0.374 e. The van der Waals surface area contributed by atoms with Crippen LogP contribution in [0.5, 0.6) is 0 Å². The molecular weight excluding hydrogens is 345 g/mol. The zero-order valence-electron chi connectivity index (χ0n) is 15.2. The van der Waals surface area contributed by atoms with E-state index in [0.29, 0.717) is 18.2 Å². The number of nitrogens with one attached hydrogen (secondary N) is 2. The monoisotopic (exact) mass is 372 g/mol. The normalized spacial score (nSPS) is 21.9. The quantitative estimate of drug-likeness (QED) is 0.752. The number of carbonyl (C=O) groups is 1. The minimum absolute atomic E-state index is 0.280. The van der Waals surface area contributed by atoms with Crippen LogP contribution in [0, 0.1) is 5.92 Å². The van der Waals surface area contributed by atoms with Crippen molar-refractivity contribution in [3.8, 4) is 0 Å². The SMILES string of the molecule is CC1CCCC(OCc2cccc(NC(C)C(=O)NCC(F)(F)F)c2)C1. The number of halogens is 3. The maximum absolute atomic E-state index is 12.2. The van der Waals surface area contributed by atoms with Crippen LogP contribution in [0.1, 0.15) is 45.1 Å². The summed E-state index contributed by atoms with van der Waals surface area (Å²) in [4.78, 5) is 11.7. The summed E-state index contributed by atoms with van der Waals surface area (Å²) < 4.78 is 42.5. The van der Waals surface area contributed by atoms with Gasteiger partial charge in [0.1, 0.15) is 12.6 Å². The van der Waals surface area contributed by atoms with Gasteiger partial charge in [-0.3, -0.25) is 4.79 Å². The predicted molar refractivity (Wildman–Crippen MR) is 94.8 cm³/mol. The van der Waals surface area contributed by atoms with E-state index in [4.69, 9.17) is 4.74 Å². The molecule has 7 heteroatoms. The summed E-state index contributed by atoms with van der Waals surface area (Å²) >= 11 is 0. The summed E-state index contributed by atoms with van der Waals surface area (Å²) in [5, 5.41) is 4.81. The van der Waals surface area contributed by atoms with Gasteiger partial charge in [-0.05, 0) is 43.4 Å². The molecule has 146 valence electrons. The van der Waals surface area contributed by atoms with Crippen LogP contribution in [-0.4, -0.2) is 30.8 Å². The first-order valence-corrected chi connectivity index (χ1v) is 9.04. The second-order valence-corrected chi connectivity index (χ2v) is 7.10. The molecule has 0 aliphatic heterocycles. The first kappa shape index (κ1) is 20.6. The van der Waals surface area contributed by atoms with Crippen molar-refractivity contribution in [3.05, 3.63) is 29.8 Å². The van der Waals surface area contributed by atoms with Gasteiger partial charge in [0.25, 0.3) is 0 Å². The lowest BCUT2D eigenvalue weighted by Gasteiger charge is -2.26. The van der Waals surface area contributed by atoms with Gasteiger partial charge in [0.05, 0.1) is 12.7 Å². The number of rotatable bonds is 7. The van der Waals surface area contributed by atoms with Crippen molar-refractivity contribution < 1.29 is 22.7 Å². The number of hydrogen-bond donors (Lipinski definition) is 2. The smallest absolute Gasteiger partial charge is 0.374 e. The number of carbonyl (C=O) groups excluding carboxylic acids is 1.